The number of nitrogens with one attached hydrogen (secondary N) is 1. The molecule has 1 amide bonds. The lowest BCUT2D eigenvalue weighted by Crippen LogP contribution is -2.35. The van der Waals surface area contributed by atoms with Crippen molar-refractivity contribution in [3.05, 3.63) is 35.9 Å². The molecular weight excluding hydrogens is 228 g/mol. The summed E-state index contributed by atoms with van der Waals surface area (Å²) in [7, 11) is 0. The van der Waals surface area contributed by atoms with Gasteiger partial charge in [-0.3, -0.25) is 0 Å². The van der Waals surface area contributed by atoms with Crippen molar-refractivity contribution in [1.82, 2.24) is 5.32 Å². The summed E-state index contributed by atoms with van der Waals surface area (Å²) in [5.74, 6) is 0. The maximum Gasteiger partial charge on any atom is 0.407 e. The van der Waals surface area contributed by atoms with Crippen LogP contribution >= 0.6 is 0 Å². The van der Waals surface area contributed by atoms with E-state index < -0.39 is 0 Å². The van der Waals surface area contributed by atoms with Gasteiger partial charge in [0.25, 0.3) is 0 Å². The fraction of sp³-hybridized carbons (Fsp3) is 0.500. The summed E-state index contributed by atoms with van der Waals surface area (Å²) in [6, 6.07) is 9.53. The van der Waals surface area contributed by atoms with Gasteiger partial charge in [-0.2, -0.15) is 0 Å². The highest BCUT2D eigenvalue weighted by molar-refractivity contribution is 5.68. The molecule has 0 aromatic heterocycles. The largest absolute Gasteiger partial charge is 0.446 e. The zero-order valence-electron chi connectivity index (χ0n) is 10.5. The summed E-state index contributed by atoms with van der Waals surface area (Å²) in [6.45, 7) is 0.365. The quantitative estimate of drug-likeness (QED) is 0.859. The summed E-state index contributed by atoms with van der Waals surface area (Å²) in [5, 5.41) is 2.82. The van der Waals surface area contributed by atoms with Crippen molar-refractivity contribution >= 4 is 6.09 Å². The van der Waals surface area contributed by atoms with Gasteiger partial charge < -0.3 is 15.8 Å². The summed E-state index contributed by atoms with van der Waals surface area (Å²) < 4.78 is 5.36. The Morgan fingerprint density at radius 3 is 2.61 bits per heavy atom. The SMILES string of the molecule is NCC(NC(=O)OC1CCCC1)c1ccccc1. The molecular formula is C14H20N2O2. The molecule has 0 saturated heterocycles. The van der Waals surface area contributed by atoms with Crippen LogP contribution in [0.15, 0.2) is 30.3 Å². The molecule has 0 aliphatic heterocycles. The van der Waals surface area contributed by atoms with Gasteiger partial charge in [-0.15, -0.1) is 0 Å². The molecule has 1 aromatic rings. The number of nitrogens with two attached hydrogens (primary N) is 1. The first-order chi connectivity index (χ1) is 8.79. The van der Waals surface area contributed by atoms with E-state index in [1.165, 1.54) is 0 Å². The van der Waals surface area contributed by atoms with Crippen LogP contribution in [0.2, 0.25) is 0 Å². The fourth-order valence-electron chi connectivity index (χ4n) is 2.30. The standard InChI is InChI=1S/C14H20N2O2/c15-10-13(11-6-2-1-3-7-11)16-14(17)18-12-8-4-5-9-12/h1-3,6-7,12-13H,4-5,8-10,15H2,(H,16,17). The van der Waals surface area contributed by atoms with Crippen molar-refractivity contribution in [1.29, 1.82) is 0 Å². The first-order valence-electron chi connectivity index (χ1n) is 6.51. The number of amides is 1. The number of benzene rings is 1. The van der Waals surface area contributed by atoms with Gasteiger partial charge in [0, 0.05) is 6.54 Å². The lowest BCUT2D eigenvalue weighted by Gasteiger charge is -2.19. The average Bonchev–Trinajstić information content (AvgIpc) is 2.90. The molecule has 0 heterocycles. The third-order valence-corrected chi connectivity index (χ3v) is 3.31. The van der Waals surface area contributed by atoms with Gasteiger partial charge in [-0.25, -0.2) is 4.79 Å². The molecule has 0 radical (unpaired) electrons. The number of ether oxygens (including phenoxy) is 1. The van der Waals surface area contributed by atoms with Gasteiger partial charge in [0.1, 0.15) is 6.10 Å². The highest BCUT2D eigenvalue weighted by Crippen LogP contribution is 2.21. The smallest absolute Gasteiger partial charge is 0.407 e. The Morgan fingerprint density at radius 1 is 1.33 bits per heavy atom. The average molecular weight is 248 g/mol. The van der Waals surface area contributed by atoms with Crippen LogP contribution in [0.1, 0.15) is 37.3 Å². The van der Waals surface area contributed by atoms with Crippen molar-refractivity contribution in [2.24, 2.45) is 5.73 Å². The lowest BCUT2D eigenvalue weighted by atomic mass is 10.1. The van der Waals surface area contributed by atoms with Gasteiger partial charge in [0.15, 0.2) is 0 Å². The molecule has 1 fully saturated rings. The van der Waals surface area contributed by atoms with Gasteiger partial charge >= 0.3 is 6.09 Å². The molecule has 1 aromatic carbocycles. The van der Waals surface area contributed by atoms with Crippen molar-refractivity contribution < 1.29 is 9.53 Å². The molecule has 0 bridgehead atoms. The predicted molar refractivity (Wildman–Crippen MR) is 70.1 cm³/mol. The minimum Gasteiger partial charge on any atom is -0.446 e. The van der Waals surface area contributed by atoms with Crippen molar-refractivity contribution in [2.45, 2.75) is 37.8 Å². The second-order valence-corrected chi connectivity index (χ2v) is 4.66. The zero-order chi connectivity index (χ0) is 12.8. The fourth-order valence-corrected chi connectivity index (χ4v) is 2.30. The molecule has 1 aliphatic rings. The van der Waals surface area contributed by atoms with E-state index in [9.17, 15) is 4.79 Å². The van der Waals surface area contributed by atoms with Crippen LogP contribution in [0.3, 0.4) is 0 Å². The van der Waals surface area contributed by atoms with E-state index in [1.807, 2.05) is 30.3 Å². The van der Waals surface area contributed by atoms with Crippen LogP contribution in [0.5, 0.6) is 0 Å². The Labute approximate surface area is 108 Å². The first kappa shape index (κ1) is 12.9. The molecule has 1 saturated carbocycles. The molecule has 1 atom stereocenters. The Balaban J connectivity index is 1.87. The van der Waals surface area contributed by atoms with E-state index in [4.69, 9.17) is 10.5 Å². The van der Waals surface area contributed by atoms with Crippen LogP contribution in [0.4, 0.5) is 4.79 Å². The molecule has 1 aliphatic carbocycles. The summed E-state index contributed by atoms with van der Waals surface area (Å²) in [6.07, 6.45) is 3.98. The van der Waals surface area contributed by atoms with Gasteiger partial charge in [-0.05, 0) is 31.2 Å². The van der Waals surface area contributed by atoms with Crippen LogP contribution in [0.25, 0.3) is 0 Å². The van der Waals surface area contributed by atoms with E-state index in [-0.39, 0.29) is 18.2 Å². The van der Waals surface area contributed by atoms with E-state index in [1.54, 1.807) is 0 Å². The maximum atomic E-state index is 11.8. The van der Waals surface area contributed by atoms with E-state index >= 15 is 0 Å². The van der Waals surface area contributed by atoms with Crippen molar-refractivity contribution in [3.63, 3.8) is 0 Å². The normalized spacial score (nSPS) is 17.4. The van der Waals surface area contributed by atoms with E-state index in [2.05, 4.69) is 5.32 Å². The Kier molecular flexibility index (Phi) is 4.59. The Hall–Kier alpha value is -1.55. The van der Waals surface area contributed by atoms with Gasteiger partial charge in [-0.1, -0.05) is 30.3 Å². The molecule has 1 unspecified atom stereocenters. The topological polar surface area (TPSA) is 64.3 Å². The molecule has 2 rings (SSSR count). The van der Waals surface area contributed by atoms with E-state index in [0.29, 0.717) is 6.54 Å². The van der Waals surface area contributed by atoms with Crippen LogP contribution in [-0.2, 0) is 4.74 Å². The highest BCUT2D eigenvalue weighted by Gasteiger charge is 2.21. The molecule has 4 heteroatoms. The second kappa shape index (κ2) is 6.40. The molecule has 4 nitrogen and oxygen atoms in total. The monoisotopic (exact) mass is 248 g/mol. The number of carbonyl (C=O) groups is 1. The van der Waals surface area contributed by atoms with Crippen molar-refractivity contribution in [2.75, 3.05) is 6.54 Å². The minimum atomic E-state index is -0.360. The Morgan fingerprint density at radius 2 is 2.00 bits per heavy atom. The van der Waals surface area contributed by atoms with Gasteiger partial charge in [0.05, 0.1) is 6.04 Å². The molecule has 0 spiro atoms. The number of hydrogen-bond donors (Lipinski definition) is 2. The number of carbonyl (C=O) groups excluding carboxylic acids is 1. The number of hydrogen-bond acceptors (Lipinski definition) is 3. The summed E-state index contributed by atoms with van der Waals surface area (Å²) in [5.41, 5.74) is 6.69. The first-order valence-corrected chi connectivity index (χ1v) is 6.51. The molecule has 3 N–H and O–H groups in total. The lowest BCUT2D eigenvalue weighted by molar-refractivity contribution is 0.0980. The predicted octanol–water partition coefficient (Wildman–Crippen LogP) is 2.36. The number of alkyl carbamates (subject to hydrolysis) is 1. The Bertz CT molecular complexity index is 375. The minimum absolute atomic E-state index is 0.0826. The highest BCUT2D eigenvalue weighted by atomic mass is 16.6. The maximum absolute atomic E-state index is 11.8. The molecule has 98 valence electrons. The van der Waals surface area contributed by atoms with Crippen LogP contribution in [-0.4, -0.2) is 18.7 Å². The summed E-state index contributed by atoms with van der Waals surface area (Å²) in [4.78, 5) is 11.8. The number of rotatable bonds is 4. The summed E-state index contributed by atoms with van der Waals surface area (Å²) >= 11 is 0. The van der Waals surface area contributed by atoms with Crippen molar-refractivity contribution in [3.8, 4) is 0 Å². The third-order valence-electron chi connectivity index (χ3n) is 3.31. The molecule has 18 heavy (non-hydrogen) atoms. The van der Waals surface area contributed by atoms with Crippen LogP contribution < -0.4 is 11.1 Å². The second-order valence-electron chi connectivity index (χ2n) is 4.66. The van der Waals surface area contributed by atoms with Crippen LogP contribution in [0, 0.1) is 0 Å². The third kappa shape index (κ3) is 3.47. The van der Waals surface area contributed by atoms with Gasteiger partial charge in [0.2, 0.25) is 0 Å². The van der Waals surface area contributed by atoms with E-state index in [0.717, 1.165) is 31.2 Å². The zero-order valence-corrected chi connectivity index (χ0v) is 10.5.